The van der Waals surface area contributed by atoms with E-state index in [1.807, 2.05) is 12.1 Å². The number of hydrogen-bond donors (Lipinski definition) is 1. The minimum Gasteiger partial charge on any atom is -0.422 e. The van der Waals surface area contributed by atoms with E-state index in [9.17, 15) is 9.59 Å². The molecule has 2 heterocycles. The van der Waals surface area contributed by atoms with Gasteiger partial charge in [-0.15, -0.1) is 0 Å². The first-order valence-electron chi connectivity index (χ1n) is 8.16. The largest absolute Gasteiger partial charge is 0.422 e. The van der Waals surface area contributed by atoms with Crippen molar-refractivity contribution in [3.8, 4) is 11.1 Å². The van der Waals surface area contributed by atoms with E-state index in [2.05, 4.69) is 10.3 Å². The van der Waals surface area contributed by atoms with Gasteiger partial charge in [0.05, 0.1) is 10.6 Å². The summed E-state index contributed by atoms with van der Waals surface area (Å²) in [6, 6.07) is 19.1. The number of amides is 1. The Morgan fingerprint density at radius 1 is 1.00 bits per heavy atom. The molecule has 0 saturated heterocycles. The number of rotatable bonds is 3. The Kier molecular flexibility index (Phi) is 4.44. The molecule has 0 saturated carbocycles. The second-order valence-electron chi connectivity index (χ2n) is 5.88. The first-order chi connectivity index (χ1) is 13.1. The maximum atomic E-state index is 12.5. The van der Waals surface area contributed by atoms with Gasteiger partial charge in [0.1, 0.15) is 11.4 Å². The number of aromatic nitrogens is 1. The molecule has 0 fully saturated rings. The summed E-state index contributed by atoms with van der Waals surface area (Å²) in [5, 5.41) is 3.99. The quantitative estimate of drug-likeness (QED) is 0.523. The molecule has 0 bridgehead atoms. The van der Waals surface area contributed by atoms with Gasteiger partial charge in [0, 0.05) is 17.1 Å². The van der Waals surface area contributed by atoms with Gasteiger partial charge in [-0.25, -0.2) is 9.78 Å². The van der Waals surface area contributed by atoms with Crippen LogP contribution in [0.3, 0.4) is 0 Å². The molecule has 0 spiro atoms. The third-order valence-corrected chi connectivity index (χ3v) is 4.27. The highest BCUT2D eigenvalue weighted by molar-refractivity contribution is 6.30. The molecule has 1 N–H and O–H groups in total. The minimum absolute atomic E-state index is 0.336. The van der Waals surface area contributed by atoms with Crippen LogP contribution in [0.4, 0.5) is 5.82 Å². The number of nitrogens with zero attached hydrogens (tertiary/aromatic N) is 1. The Morgan fingerprint density at radius 2 is 1.85 bits per heavy atom. The van der Waals surface area contributed by atoms with E-state index in [1.165, 1.54) is 6.20 Å². The average Bonchev–Trinajstić information content (AvgIpc) is 2.69. The molecule has 0 unspecified atom stereocenters. The SMILES string of the molecule is O=C(Nc1ccc(Cl)cn1)c1cccc(-c2cc3ccccc3oc2=O)c1. The van der Waals surface area contributed by atoms with Crippen molar-refractivity contribution in [2.45, 2.75) is 0 Å². The number of hydrogen-bond acceptors (Lipinski definition) is 4. The minimum atomic E-state index is -0.453. The normalized spacial score (nSPS) is 10.7. The third-order valence-electron chi connectivity index (χ3n) is 4.05. The van der Waals surface area contributed by atoms with E-state index in [1.54, 1.807) is 54.6 Å². The van der Waals surface area contributed by atoms with E-state index >= 15 is 0 Å². The van der Waals surface area contributed by atoms with Crippen LogP contribution >= 0.6 is 11.6 Å². The van der Waals surface area contributed by atoms with Crippen LogP contribution in [0.2, 0.25) is 5.02 Å². The van der Waals surface area contributed by atoms with Crippen LogP contribution < -0.4 is 10.9 Å². The van der Waals surface area contributed by atoms with Crippen LogP contribution in [-0.2, 0) is 0 Å². The molecule has 2 aromatic heterocycles. The van der Waals surface area contributed by atoms with Gasteiger partial charge in [-0.2, -0.15) is 0 Å². The predicted molar refractivity (Wildman–Crippen MR) is 105 cm³/mol. The summed E-state index contributed by atoms with van der Waals surface area (Å²) < 4.78 is 5.38. The topological polar surface area (TPSA) is 72.2 Å². The number of carbonyl (C=O) groups excluding carboxylic acids is 1. The lowest BCUT2D eigenvalue weighted by atomic mass is 10.0. The lowest BCUT2D eigenvalue weighted by Crippen LogP contribution is -2.13. The van der Waals surface area contributed by atoms with Gasteiger partial charge >= 0.3 is 5.63 Å². The summed E-state index contributed by atoms with van der Waals surface area (Å²) in [6.45, 7) is 0. The Morgan fingerprint density at radius 3 is 2.67 bits per heavy atom. The number of fused-ring (bicyclic) bond motifs is 1. The Balaban J connectivity index is 1.68. The van der Waals surface area contributed by atoms with Gasteiger partial charge in [0.2, 0.25) is 0 Å². The Hall–Kier alpha value is -3.44. The molecule has 27 heavy (non-hydrogen) atoms. The van der Waals surface area contributed by atoms with Gasteiger partial charge < -0.3 is 9.73 Å². The molecule has 5 nitrogen and oxygen atoms in total. The van der Waals surface area contributed by atoms with Gasteiger partial charge in [-0.1, -0.05) is 41.9 Å². The van der Waals surface area contributed by atoms with Crippen LogP contribution in [0.15, 0.2) is 82.1 Å². The molecule has 0 aliphatic heterocycles. The number of carbonyl (C=O) groups is 1. The predicted octanol–water partition coefficient (Wildman–Crippen LogP) is 4.76. The van der Waals surface area contributed by atoms with Crippen molar-refractivity contribution >= 4 is 34.3 Å². The molecular formula is C21H13ClN2O3. The van der Waals surface area contributed by atoms with Crippen molar-refractivity contribution in [3.05, 3.63) is 93.9 Å². The molecule has 2 aromatic carbocycles. The summed E-state index contributed by atoms with van der Waals surface area (Å²) in [5.41, 5.74) is 1.47. The standard InChI is InChI=1S/C21H13ClN2O3/c22-16-8-9-19(23-12-16)24-20(25)15-6-3-5-13(10-15)17-11-14-4-1-2-7-18(14)27-21(17)26/h1-12H,(H,23,24,25). The molecule has 0 atom stereocenters. The van der Waals surface area contributed by atoms with Crippen LogP contribution in [0.25, 0.3) is 22.1 Å². The van der Waals surface area contributed by atoms with E-state index in [-0.39, 0.29) is 5.91 Å². The van der Waals surface area contributed by atoms with Crippen molar-refractivity contribution in [2.24, 2.45) is 0 Å². The zero-order valence-electron chi connectivity index (χ0n) is 14.0. The average molecular weight is 377 g/mol. The molecule has 1 amide bonds. The summed E-state index contributed by atoms with van der Waals surface area (Å²) in [4.78, 5) is 28.9. The summed E-state index contributed by atoms with van der Waals surface area (Å²) in [6.07, 6.45) is 1.45. The second-order valence-corrected chi connectivity index (χ2v) is 6.32. The Labute approximate surface area is 159 Å². The zero-order valence-corrected chi connectivity index (χ0v) is 14.7. The van der Waals surface area contributed by atoms with Crippen LogP contribution in [0.1, 0.15) is 10.4 Å². The summed E-state index contributed by atoms with van der Waals surface area (Å²) in [7, 11) is 0. The maximum Gasteiger partial charge on any atom is 0.344 e. The van der Waals surface area contributed by atoms with Crippen LogP contribution in [0.5, 0.6) is 0 Å². The van der Waals surface area contributed by atoms with E-state index in [0.717, 1.165) is 5.39 Å². The highest BCUT2D eigenvalue weighted by atomic mass is 35.5. The van der Waals surface area contributed by atoms with Crippen LogP contribution in [-0.4, -0.2) is 10.9 Å². The van der Waals surface area contributed by atoms with Gasteiger partial charge in [-0.3, -0.25) is 4.79 Å². The fourth-order valence-corrected chi connectivity index (χ4v) is 2.84. The first-order valence-corrected chi connectivity index (χ1v) is 8.54. The summed E-state index contributed by atoms with van der Waals surface area (Å²) in [5.74, 6) is 0.0527. The fourth-order valence-electron chi connectivity index (χ4n) is 2.73. The van der Waals surface area contributed by atoms with Crippen molar-refractivity contribution in [1.29, 1.82) is 0 Å². The number of benzene rings is 2. The molecule has 4 rings (SSSR count). The maximum absolute atomic E-state index is 12.5. The molecular weight excluding hydrogens is 364 g/mol. The number of pyridine rings is 1. The lowest BCUT2D eigenvalue weighted by Gasteiger charge is -2.07. The first kappa shape index (κ1) is 17.0. The number of nitrogens with one attached hydrogen (secondary N) is 1. The molecule has 0 aliphatic carbocycles. The molecule has 4 aromatic rings. The number of halogens is 1. The van der Waals surface area contributed by atoms with E-state index in [0.29, 0.717) is 33.1 Å². The number of anilines is 1. The molecule has 0 radical (unpaired) electrons. The highest BCUT2D eigenvalue weighted by Crippen LogP contribution is 2.22. The summed E-state index contributed by atoms with van der Waals surface area (Å²) >= 11 is 5.80. The van der Waals surface area contributed by atoms with Crippen molar-refractivity contribution < 1.29 is 9.21 Å². The van der Waals surface area contributed by atoms with E-state index < -0.39 is 5.63 Å². The van der Waals surface area contributed by atoms with Crippen molar-refractivity contribution in [3.63, 3.8) is 0 Å². The second kappa shape index (κ2) is 7.05. The van der Waals surface area contributed by atoms with Crippen LogP contribution in [0, 0.1) is 0 Å². The third kappa shape index (κ3) is 3.59. The zero-order chi connectivity index (χ0) is 18.8. The lowest BCUT2D eigenvalue weighted by molar-refractivity contribution is 0.102. The van der Waals surface area contributed by atoms with E-state index in [4.69, 9.17) is 16.0 Å². The smallest absolute Gasteiger partial charge is 0.344 e. The van der Waals surface area contributed by atoms with Gasteiger partial charge in [0.15, 0.2) is 0 Å². The van der Waals surface area contributed by atoms with Crippen molar-refractivity contribution in [1.82, 2.24) is 4.98 Å². The molecule has 0 aliphatic rings. The van der Waals surface area contributed by atoms with Gasteiger partial charge in [-0.05, 0) is 42.0 Å². The number of para-hydroxylation sites is 1. The van der Waals surface area contributed by atoms with Gasteiger partial charge in [0.25, 0.3) is 5.91 Å². The monoisotopic (exact) mass is 376 g/mol. The highest BCUT2D eigenvalue weighted by Gasteiger charge is 2.12. The van der Waals surface area contributed by atoms with Crippen molar-refractivity contribution in [2.75, 3.05) is 5.32 Å². The fraction of sp³-hybridized carbons (Fsp3) is 0. The molecule has 6 heteroatoms. The Bertz CT molecular complexity index is 1200. The molecule has 132 valence electrons.